The number of carboxylic acids is 1. The third-order valence-electron chi connectivity index (χ3n) is 8.30. The molecule has 3 aromatic rings. The minimum absolute atomic E-state index is 0.0129. The highest BCUT2D eigenvalue weighted by molar-refractivity contribution is 5.94. The van der Waals surface area contributed by atoms with Gasteiger partial charge in [-0.05, 0) is 73.4 Å². The lowest BCUT2D eigenvalue weighted by molar-refractivity contribution is -0.184. The number of carboxylic acid groups (broad SMARTS) is 1. The highest BCUT2D eigenvalue weighted by Gasteiger charge is 2.47. The van der Waals surface area contributed by atoms with Crippen molar-refractivity contribution in [3.63, 3.8) is 0 Å². The van der Waals surface area contributed by atoms with E-state index in [0.717, 1.165) is 41.3 Å². The number of benzene rings is 2. The molecule has 0 aliphatic heterocycles. The van der Waals surface area contributed by atoms with E-state index in [0.29, 0.717) is 23.1 Å². The molecule has 6 nitrogen and oxygen atoms in total. The predicted octanol–water partition coefficient (Wildman–Crippen LogP) is 6.94. The smallest absolute Gasteiger partial charge is 0.391 e. The Bertz CT molecular complexity index is 1450. The molecule has 0 unspecified atom stereocenters. The van der Waals surface area contributed by atoms with Crippen molar-refractivity contribution in [1.29, 1.82) is 0 Å². The number of hydrogen-bond acceptors (Lipinski definition) is 4. The average Bonchev–Trinajstić information content (AvgIpc) is 2.94. The van der Waals surface area contributed by atoms with Crippen LogP contribution in [-0.2, 0) is 23.1 Å². The molecule has 0 spiro atoms. The van der Waals surface area contributed by atoms with Crippen molar-refractivity contribution in [3.05, 3.63) is 80.7 Å². The third-order valence-corrected chi connectivity index (χ3v) is 8.30. The molecule has 0 saturated heterocycles. The van der Waals surface area contributed by atoms with Crippen molar-refractivity contribution in [1.82, 2.24) is 5.32 Å². The van der Waals surface area contributed by atoms with Crippen LogP contribution in [0.3, 0.4) is 0 Å². The molecule has 1 aliphatic carbocycles. The van der Waals surface area contributed by atoms with E-state index in [-0.39, 0.29) is 44.3 Å². The van der Waals surface area contributed by atoms with E-state index in [1.165, 1.54) is 0 Å². The molecule has 220 valence electrons. The van der Waals surface area contributed by atoms with Crippen molar-refractivity contribution < 1.29 is 32.3 Å². The van der Waals surface area contributed by atoms with Crippen molar-refractivity contribution in [3.8, 4) is 0 Å². The minimum Gasteiger partial charge on any atom is -0.481 e. The lowest BCUT2D eigenvalue weighted by atomic mass is 9.63. The zero-order valence-electron chi connectivity index (χ0n) is 23.4. The van der Waals surface area contributed by atoms with Gasteiger partial charge in [-0.25, -0.2) is 4.79 Å². The monoisotopic (exact) mass is 571 g/mol. The van der Waals surface area contributed by atoms with Crippen LogP contribution in [0.15, 0.2) is 51.7 Å². The van der Waals surface area contributed by atoms with Crippen LogP contribution >= 0.6 is 0 Å². The summed E-state index contributed by atoms with van der Waals surface area (Å²) < 4.78 is 46.7. The van der Waals surface area contributed by atoms with Crippen LogP contribution in [0.5, 0.6) is 0 Å². The molecular formula is C32H36F3NO5. The molecule has 2 N–H and O–H groups in total. The third kappa shape index (κ3) is 6.49. The van der Waals surface area contributed by atoms with Crippen LogP contribution < -0.4 is 10.9 Å². The van der Waals surface area contributed by atoms with Crippen molar-refractivity contribution >= 4 is 22.8 Å². The van der Waals surface area contributed by atoms with Crippen molar-refractivity contribution in [2.75, 3.05) is 6.54 Å². The first-order chi connectivity index (χ1) is 19.5. The first kappa shape index (κ1) is 30.3. The minimum atomic E-state index is -4.27. The van der Waals surface area contributed by atoms with E-state index in [1.54, 1.807) is 24.3 Å². The maximum absolute atomic E-state index is 13.6. The van der Waals surface area contributed by atoms with Crippen LogP contribution in [0.25, 0.3) is 11.0 Å². The molecule has 9 heteroatoms. The molecule has 2 aromatic carbocycles. The lowest BCUT2D eigenvalue weighted by Gasteiger charge is -2.42. The molecule has 41 heavy (non-hydrogen) atoms. The van der Waals surface area contributed by atoms with Crippen LogP contribution in [0.2, 0.25) is 0 Å². The second-order valence-corrected chi connectivity index (χ2v) is 10.9. The fourth-order valence-corrected chi connectivity index (χ4v) is 6.15. The number of rotatable bonds is 10. The van der Waals surface area contributed by atoms with Crippen molar-refractivity contribution in [2.24, 2.45) is 5.92 Å². The molecule has 1 aliphatic rings. The Morgan fingerprint density at radius 2 is 1.59 bits per heavy atom. The van der Waals surface area contributed by atoms with E-state index in [2.05, 4.69) is 12.2 Å². The molecule has 1 fully saturated rings. The van der Waals surface area contributed by atoms with E-state index in [1.807, 2.05) is 25.1 Å². The van der Waals surface area contributed by atoms with Gasteiger partial charge in [-0.2, -0.15) is 13.2 Å². The van der Waals surface area contributed by atoms with E-state index < -0.39 is 29.4 Å². The van der Waals surface area contributed by atoms with Crippen LogP contribution in [-0.4, -0.2) is 29.7 Å². The van der Waals surface area contributed by atoms with Crippen molar-refractivity contribution in [2.45, 2.75) is 83.2 Å². The van der Waals surface area contributed by atoms with Gasteiger partial charge < -0.3 is 14.8 Å². The quantitative estimate of drug-likeness (QED) is 0.257. The zero-order chi connectivity index (χ0) is 29.8. The van der Waals surface area contributed by atoms with Gasteiger partial charge in [0.05, 0.1) is 12.3 Å². The number of hydrogen-bond donors (Lipinski definition) is 2. The zero-order valence-corrected chi connectivity index (χ0v) is 23.4. The molecule has 1 saturated carbocycles. The van der Waals surface area contributed by atoms with E-state index in [4.69, 9.17) is 9.52 Å². The van der Waals surface area contributed by atoms with Gasteiger partial charge in [0.2, 0.25) is 0 Å². The van der Waals surface area contributed by atoms with E-state index in [9.17, 15) is 27.6 Å². The fraction of sp³-hybridized carbons (Fsp3) is 0.469. The highest BCUT2D eigenvalue weighted by atomic mass is 19.4. The fourth-order valence-electron chi connectivity index (χ4n) is 6.15. The number of aryl methyl sites for hydroxylation is 1. The molecule has 1 heterocycles. The Kier molecular flexibility index (Phi) is 9.24. The SMILES string of the molecule is CCCc1c(CCC)c2ccc(C3(c4ccc(C(=O)NCCC(=O)O)cc4)CCC(C(F)(F)F)CC3)cc2oc1=O. The van der Waals surface area contributed by atoms with E-state index >= 15 is 0 Å². The summed E-state index contributed by atoms with van der Waals surface area (Å²) in [6.07, 6.45) is -1.06. The average molecular weight is 572 g/mol. The van der Waals surface area contributed by atoms with Gasteiger partial charge >= 0.3 is 17.8 Å². The Morgan fingerprint density at radius 3 is 2.17 bits per heavy atom. The molecular weight excluding hydrogens is 535 g/mol. The van der Waals surface area contributed by atoms with Gasteiger partial charge in [-0.1, -0.05) is 51.0 Å². The first-order valence-electron chi connectivity index (χ1n) is 14.3. The summed E-state index contributed by atoms with van der Waals surface area (Å²) in [4.78, 5) is 36.2. The van der Waals surface area contributed by atoms with Crippen LogP contribution in [0.1, 0.15) is 91.4 Å². The molecule has 0 bridgehead atoms. The summed E-state index contributed by atoms with van der Waals surface area (Å²) >= 11 is 0. The number of nitrogens with one attached hydrogen (secondary N) is 1. The number of carbonyl (C=O) groups is 2. The van der Waals surface area contributed by atoms with Gasteiger partial charge in [-0.15, -0.1) is 0 Å². The summed E-state index contributed by atoms with van der Waals surface area (Å²) in [6, 6.07) is 12.4. The maximum Gasteiger partial charge on any atom is 0.391 e. The maximum atomic E-state index is 13.6. The lowest BCUT2D eigenvalue weighted by Crippen LogP contribution is -2.37. The van der Waals surface area contributed by atoms with Gasteiger partial charge in [-0.3, -0.25) is 9.59 Å². The summed E-state index contributed by atoms with van der Waals surface area (Å²) in [5.74, 6) is -2.83. The molecule has 1 amide bonds. The topological polar surface area (TPSA) is 96.6 Å². The molecule has 0 radical (unpaired) electrons. The first-order valence-corrected chi connectivity index (χ1v) is 14.3. The van der Waals surface area contributed by atoms with Gasteiger partial charge in [0, 0.05) is 28.5 Å². The Labute approximate surface area is 236 Å². The summed E-state index contributed by atoms with van der Waals surface area (Å²) in [7, 11) is 0. The number of aliphatic carboxylic acids is 1. The summed E-state index contributed by atoms with van der Waals surface area (Å²) in [5.41, 5.74) is 2.84. The Morgan fingerprint density at radius 1 is 0.976 bits per heavy atom. The normalized spacial score (nSPS) is 19.3. The number of halogens is 3. The number of alkyl halides is 3. The predicted molar refractivity (Wildman–Crippen MR) is 150 cm³/mol. The number of fused-ring (bicyclic) bond motifs is 1. The molecule has 1 aromatic heterocycles. The second kappa shape index (κ2) is 12.5. The summed E-state index contributed by atoms with van der Waals surface area (Å²) in [5, 5.41) is 12.2. The standard InChI is InChI=1S/C32H36F3NO5/c1-3-5-24-25-12-11-23(19-27(25)41-30(40)26(24)6-4-2)31(16-13-22(14-17-31)32(33,34)35)21-9-7-20(8-10-21)29(39)36-18-15-28(37)38/h7-12,19,22H,3-6,13-18H2,1-2H3,(H,36,39)(H,37,38). The van der Waals surface area contributed by atoms with Gasteiger partial charge in [0.1, 0.15) is 5.58 Å². The number of amides is 1. The van der Waals surface area contributed by atoms with Gasteiger partial charge in [0.25, 0.3) is 5.91 Å². The summed E-state index contributed by atoms with van der Waals surface area (Å²) in [6.45, 7) is 4.05. The molecule has 4 rings (SSSR count). The van der Waals surface area contributed by atoms with Gasteiger partial charge in [0.15, 0.2) is 0 Å². The molecule has 0 atom stereocenters. The van der Waals surface area contributed by atoms with Crippen LogP contribution in [0.4, 0.5) is 13.2 Å². The Hall–Kier alpha value is -3.62. The number of carbonyl (C=O) groups excluding carboxylic acids is 1. The largest absolute Gasteiger partial charge is 0.481 e. The highest BCUT2D eigenvalue weighted by Crippen LogP contribution is 2.50. The second-order valence-electron chi connectivity index (χ2n) is 10.9. The Balaban J connectivity index is 1.76. The van der Waals surface area contributed by atoms with Crippen LogP contribution in [0, 0.1) is 5.92 Å².